The number of hydrogen-bond acceptors (Lipinski definition) is 3. The molecule has 26 heavy (non-hydrogen) atoms. The van der Waals surface area contributed by atoms with E-state index < -0.39 is 5.51 Å². The number of benzene rings is 2. The fourth-order valence-electron chi connectivity index (χ4n) is 2.34. The molecule has 1 N–H and O–H groups in total. The molecule has 4 nitrogen and oxygen atoms in total. The molecule has 0 unspecified atom stereocenters. The summed E-state index contributed by atoms with van der Waals surface area (Å²) in [5.41, 5.74) is -2.50. The van der Waals surface area contributed by atoms with Crippen LogP contribution < -0.4 is 5.32 Å². The van der Waals surface area contributed by atoms with Gasteiger partial charge >= 0.3 is 5.51 Å². The van der Waals surface area contributed by atoms with Crippen LogP contribution in [0.1, 0.15) is 15.9 Å². The molecule has 0 aliphatic heterocycles. The number of carbonyl (C=O) groups excluding carboxylic acids is 1. The standard InChI is InChI=1S/C18H14F3N3OS/c19-18(20,21)26-16-7-5-14(6-8-16)17(25)23-15-4-1-3-13(11-15)12-24-10-2-9-22-24/h1-11H,12H2,(H,23,25). The van der Waals surface area contributed by atoms with Crippen molar-refractivity contribution < 1.29 is 18.0 Å². The number of anilines is 1. The predicted octanol–water partition coefficient (Wildman–Crippen LogP) is 4.80. The van der Waals surface area contributed by atoms with E-state index in [0.717, 1.165) is 5.56 Å². The monoisotopic (exact) mass is 377 g/mol. The molecule has 0 aliphatic carbocycles. The van der Waals surface area contributed by atoms with E-state index in [9.17, 15) is 18.0 Å². The van der Waals surface area contributed by atoms with Crippen LogP contribution in [0, 0.1) is 0 Å². The number of nitrogens with zero attached hydrogens (tertiary/aromatic N) is 2. The molecule has 134 valence electrons. The number of amides is 1. The van der Waals surface area contributed by atoms with Crippen molar-refractivity contribution in [2.75, 3.05) is 5.32 Å². The van der Waals surface area contributed by atoms with Crippen molar-refractivity contribution in [1.29, 1.82) is 0 Å². The first kappa shape index (κ1) is 18.1. The van der Waals surface area contributed by atoms with Gasteiger partial charge in [0.25, 0.3) is 5.91 Å². The van der Waals surface area contributed by atoms with Gasteiger partial charge in [-0.25, -0.2) is 0 Å². The van der Waals surface area contributed by atoms with Crippen LogP contribution in [0.25, 0.3) is 0 Å². The largest absolute Gasteiger partial charge is 0.446 e. The van der Waals surface area contributed by atoms with Crippen molar-refractivity contribution in [2.45, 2.75) is 16.9 Å². The lowest BCUT2D eigenvalue weighted by Gasteiger charge is -2.09. The molecule has 0 bridgehead atoms. The summed E-state index contributed by atoms with van der Waals surface area (Å²) in [6, 6.07) is 14.4. The van der Waals surface area contributed by atoms with Gasteiger partial charge in [0.15, 0.2) is 0 Å². The number of rotatable bonds is 5. The molecule has 1 aromatic heterocycles. The van der Waals surface area contributed by atoms with E-state index >= 15 is 0 Å². The van der Waals surface area contributed by atoms with Crippen molar-refractivity contribution in [3.05, 3.63) is 78.1 Å². The minimum atomic E-state index is -4.35. The Morgan fingerprint density at radius 3 is 2.54 bits per heavy atom. The number of hydrogen-bond donors (Lipinski definition) is 1. The zero-order valence-corrected chi connectivity index (χ0v) is 14.2. The van der Waals surface area contributed by atoms with Gasteiger partial charge in [0.1, 0.15) is 0 Å². The molecule has 1 heterocycles. The summed E-state index contributed by atoms with van der Waals surface area (Å²) in [4.78, 5) is 12.3. The van der Waals surface area contributed by atoms with Gasteiger partial charge in [-0.2, -0.15) is 18.3 Å². The van der Waals surface area contributed by atoms with E-state index in [4.69, 9.17) is 0 Å². The Morgan fingerprint density at radius 2 is 1.88 bits per heavy atom. The van der Waals surface area contributed by atoms with Crippen molar-refractivity contribution in [2.24, 2.45) is 0 Å². The van der Waals surface area contributed by atoms with Crippen LogP contribution in [0.3, 0.4) is 0 Å². The van der Waals surface area contributed by atoms with Gasteiger partial charge in [0, 0.05) is 28.5 Å². The summed E-state index contributed by atoms with van der Waals surface area (Å²) in [5.74, 6) is -0.384. The molecule has 8 heteroatoms. The lowest BCUT2D eigenvalue weighted by atomic mass is 10.1. The van der Waals surface area contributed by atoms with Gasteiger partial charge in [-0.05, 0) is 59.8 Å². The fourth-order valence-corrected chi connectivity index (χ4v) is 2.88. The lowest BCUT2D eigenvalue weighted by Crippen LogP contribution is -2.12. The third-order valence-electron chi connectivity index (χ3n) is 3.44. The van der Waals surface area contributed by atoms with E-state index in [1.807, 2.05) is 30.5 Å². The Bertz CT molecular complexity index is 877. The third kappa shape index (κ3) is 5.13. The Labute approximate surface area is 152 Å². The zero-order valence-electron chi connectivity index (χ0n) is 13.4. The maximum atomic E-state index is 12.3. The average Bonchev–Trinajstić information content (AvgIpc) is 3.07. The molecular formula is C18H14F3N3OS. The van der Waals surface area contributed by atoms with Crippen LogP contribution >= 0.6 is 11.8 Å². The van der Waals surface area contributed by atoms with Crippen LogP contribution in [-0.4, -0.2) is 21.2 Å². The Hall–Kier alpha value is -2.74. The van der Waals surface area contributed by atoms with Gasteiger partial charge in [-0.1, -0.05) is 12.1 Å². The zero-order chi connectivity index (χ0) is 18.6. The number of aromatic nitrogens is 2. The van der Waals surface area contributed by atoms with Crippen LogP contribution in [0.4, 0.5) is 18.9 Å². The quantitative estimate of drug-likeness (QED) is 0.650. The molecule has 0 saturated carbocycles. The van der Waals surface area contributed by atoms with E-state index in [0.29, 0.717) is 12.2 Å². The molecule has 2 aromatic carbocycles. The number of thioether (sulfide) groups is 1. The van der Waals surface area contributed by atoms with E-state index in [2.05, 4.69) is 10.4 Å². The second-order valence-electron chi connectivity index (χ2n) is 5.43. The topological polar surface area (TPSA) is 46.9 Å². The van der Waals surface area contributed by atoms with Crippen LogP contribution in [0.2, 0.25) is 0 Å². The molecule has 0 atom stereocenters. The molecular weight excluding hydrogens is 363 g/mol. The van der Waals surface area contributed by atoms with Crippen LogP contribution in [0.15, 0.2) is 71.9 Å². The summed E-state index contributed by atoms with van der Waals surface area (Å²) in [6.45, 7) is 0.570. The van der Waals surface area contributed by atoms with E-state index in [-0.39, 0.29) is 28.1 Å². The molecule has 3 rings (SSSR count). The van der Waals surface area contributed by atoms with E-state index in [1.165, 1.54) is 24.3 Å². The predicted molar refractivity (Wildman–Crippen MR) is 94.1 cm³/mol. The number of halogens is 3. The second kappa shape index (κ2) is 7.65. The summed E-state index contributed by atoms with van der Waals surface area (Å²) >= 11 is -0.211. The second-order valence-corrected chi connectivity index (χ2v) is 6.57. The third-order valence-corrected chi connectivity index (χ3v) is 4.18. The highest BCUT2D eigenvalue weighted by Crippen LogP contribution is 2.36. The SMILES string of the molecule is O=C(Nc1cccc(Cn2cccn2)c1)c1ccc(SC(F)(F)F)cc1. The minimum absolute atomic E-state index is 0.0373. The minimum Gasteiger partial charge on any atom is -0.322 e. The molecule has 0 spiro atoms. The molecule has 1 amide bonds. The Morgan fingerprint density at radius 1 is 1.12 bits per heavy atom. The summed E-state index contributed by atoms with van der Waals surface area (Å²) in [5, 5.41) is 6.88. The van der Waals surface area contributed by atoms with Gasteiger partial charge in [-0.3, -0.25) is 9.48 Å². The number of carbonyl (C=O) groups is 1. The van der Waals surface area contributed by atoms with Crippen molar-refractivity contribution in [3.63, 3.8) is 0 Å². The van der Waals surface area contributed by atoms with Crippen LogP contribution in [-0.2, 0) is 6.54 Å². The Kier molecular flexibility index (Phi) is 5.32. The van der Waals surface area contributed by atoms with Crippen molar-refractivity contribution >= 4 is 23.4 Å². The maximum absolute atomic E-state index is 12.3. The highest BCUT2D eigenvalue weighted by molar-refractivity contribution is 8.00. The smallest absolute Gasteiger partial charge is 0.322 e. The van der Waals surface area contributed by atoms with Gasteiger partial charge < -0.3 is 5.32 Å². The van der Waals surface area contributed by atoms with Crippen molar-refractivity contribution in [3.8, 4) is 0 Å². The van der Waals surface area contributed by atoms with Gasteiger partial charge in [0.2, 0.25) is 0 Å². The Balaban J connectivity index is 1.66. The highest BCUT2D eigenvalue weighted by Gasteiger charge is 2.29. The molecule has 3 aromatic rings. The first-order chi connectivity index (χ1) is 12.4. The molecule has 0 radical (unpaired) electrons. The summed E-state index contributed by atoms with van der Waals surface area (Å²) in [6.07, 6.45) is 3.53. The highest BCUT2D eigenvalue weighted by atomic mass is 32.2. The van der Waals surface area contributed by atoms with E-state index in [1.54, 1.807) is 16.9 Å². The lowest BCUT2D eigenvalue weighted by molar-refractivity contribution is -0.0328. The molecule has 0 saturated heterocycles. The molecule has 0 fully saturated rings. The first-order valence-electron chi connectivity index (χ1n) is 7.62. The van der Waals surface area contributed by atoms with Crippen LogP contribution in [0.5, 0.6) is 0 Å². The summed E-state index contributed by atoms with van der Waals surface area (Å²) in [7, 11) is 0. The maximum Gasteiger partial charge on any atom is 0.446 e. The molecule has 0 aliphatic rings. The summed E-state index contributed by atoms with van der Waals surface area (Å²) < 4.78 is 38.8. The van der Waals surface area contributed by atoms with Gasteiger partial charge in [0.05, 0.1) is 6.54 Å². The van der Waals surface area contributed by atoms with Crippen molar-refractivity contribution in [1.82, 2.24) is 9.78 Å². The number of nitrogens with one attached hydrogen (secondary N) is 1. The van der Waals surface area contributed by atoms with Gasteiger partial charge in [-0.15, -0.1) is 0 Å². The average molecular weight is 377 g/mol. The first-order valence-corrected chi connectivity index (χ1v) is 8.44. The fraction of sp³-hybridized carbons (Fsp3) is 0.111. The normalized spacial score (nSPS) is 11.3. The number of alkyl halides is 3.